The van der Waals surface area contributed by atoms with Crippen LogP contribution >= 0.6 is 11.6 Å². The molecule has 4 nitrogen and oxygen atoms in total. The Balaban J connectivity index is 1.96. The lowest BCUT2D eigenvalue weighted by Gasteiger charge is -2.16. The normalized spacial score (nSPS) is 14.9. The summed E-state index contributed by atoms with van der Waals surface area (Å²) in [5, 5.41) is 12.3. The molecule has 2 aromatic rings. The third-order valence-corrected chi connectivity index (χ3v) is 4.39. The van der Waals surface area contributed by atoms with Crippen LogP contribution in [0.1, 0.15) is 47.8 Å². The zero-order valence-electron chi connectivity index (χ0n) is 12.4. The molecule has 0 spiro atoms. The Morgan fingerprint density at radius 2 is 2.00 bits per heavy atom. The first-order chi connectivity index (χ1) is 11.0. The van der Waals surface area contributed by atoms with Gasteiger partial charge in [0.05, 0.1) is 16.4 Å². The maximum Gasteiger partial charge on any atom is 0.354 e. The van der Waals surface area contributed by atoms with E-state index in [0.29, 0.717) is 11.4 Å². The fourth-order valence-electron chi connectivity index (χ4n) is 2.94. The van der Waals surface area contributed by atoms with Gasteiger partial charge in [-0.15, -0.1) is 0 Å². The number of halogens is 2. The van der Waals surface area contributed by atoms with Crippen molar-refractivity contribution in [2.75, 3.05) is 5.32 Å². The highest BCUT2D eigenvalue weighted by Crippen LogP contribution is 2.37. The number of pyridine rings is 1. The highest BCUT2D eigenvalue weighted by atomic mass is 35.5. The van der Waals surface area contributed by atoms with E-state index in [2.05, 4.69) is 10.3 Å². The molecule has 6 heteroatoms. The van der Waals surface area contributed by atoms with Crippen molar-refractivity contribution in [2.24, 2.45) is 0 Å². The topological polar surface area (TPSA) is 62.2 Å². The predicted octanol–water partition coefficient (Wildman–Crippen LogP) is 4.97. The third kappa shape index (κ3) is 3.45. The lowest BCUT2D eigenvalue weighted by atomic mass is 10.0. The van der Waals surface area contributed by atoms with Crippen molar-refractivity contribution in [2.45, 2.75) is 31.6 Å². The van der Waals surface area contributed by atoms with Gasteiger partial charge in [-0.3, -0.25) is 0 Å². The Hall–Kier alpha value is -2.14. The van der Waals surface area contributed by atoms with E-state index in [0.717, 1.165) is 31.4 Å². The summed E-state index contributed by atoms with van der Waals surface area (Å²) in [6.07, 6.45) is 4.19. The first kappa shape index (κ1) is 15.7. The van der Waals surface area contributed by atoms with E-state index in [1.165, 1.54) is 18.2 Å². The summed E-state index contributed by atoms with van der Waals surface area (Å²) in [4.78, 5) is 15.5. The second kappa shape index (κ2) is 6.54. The quantitative estimate of drug-likeness (QED) is 0.828. The molecule has 0 saturated heterocycles. The van der Waals surface area contributed by atoms with Gasteiger partial charge in [0.1, 0.15) is 11.5 Å². The van der Waals surface area contributed by atoms with Crippen molar-refractivity contribution in [1.82, 2.24) is 4.98 Å². The highest BCUT2D eigenvalue weighted by molar-refractivity contribution is 6.30. The SMILES string of the molecule is O=C(O)c1ccc(Nc2ccc(Cl)c(F)c2)c(C2CCCC2)n1. The second-order valence-electron chi connectivity index (χ2n) is 5.67. The number of nitrogens with one attached hydrogen (secondary N) is 1. The Labute approximate surface area is 138 Å². The Kier molecular flexibility index (Phi) is 4.48. The van der Waals surface area contributed by atoms with Crippen molar-refractivity contribution in [3.8, 4) is 0 Å². The van der Waals surface area contributed by atoms with E-state index >= 15 is 0 Å². The fraction of sp³-hybridized carbons (Fsp3) is 0.294. The van der Waals surface area contributed by atoms with Gasteiger partial charge in [-0.25, -0.2) is 14.2 Å². The number of hydrogen-bond donors (Lipinski definition) is 2. The van der Waals surface area contributed by atoms with Crippen LogP contribution in [0.3, 0.4) is 0 Å². The minimum absolute atomic E-state index is 0.0275. The molecule has 2 N–H and O–H groups in total. The number of carboxylic acid groups (broad SMARTS) is 1. The number of rotatable bonds is 4. The number of hydrogen-bond acceptors (Lipinski definition) is 3. The van der Waals surface area contributed by atoms with E-state index in [1.54, 1.807) is 12.1 Å². The minimum Gasteiger partial charge on any atom is -0.477 e. The highest BCUT2D eigenvalue weighted by Gasteiger charge is 2.23. The van der Waals surface area contributed by atoms with E-state index in [1.807, 2.05) is 0 Å². The molecule has 0 amide bonds. The summed E-state index contributed by atoms with van der Waals surface area (Å²) >= 11 is 5.69. The van der Waals surface area contributed by atoms with E-state index in [4.69, 9.17) is 16.7 Å². The average Bonchev–Trinajstić information content (AvgIpc) is 3.05. The molecule has 1 heterocycles. The van der Waals surface area contributed by atoms with Gasteiger partial charge in [-0.1, -0.05) is 24.4 Å². The molecule has 1 saturated carbocycles. The Bertz CT molecular complexity index is 745. The van der Waals surface area contributed by atoms with E-state index in [-0.39, 0.29) is 16.6 Å². The van der Waals surface area contributed by atoms with Gasteiger partial charge in [0.2, 0.25) is 0 Å². The van der Waals surface area contributed by atoms with Crippen molar-refractivity contribution < 1.29 is 14.3 Å². The molecule has 23 heavy (non-hydrogen) atoms. The molecule has 1 aromatic heterocycles. The number of aromatic carboxylic acids is 1. The monoisotopic (exact) mass is 334 g/mol. The maximum atomic E-state index is 13.6. The maximum absolute atomic E-state index is 13.6. The summed E-state index contributed by atoms with van der Waals surface area (Å²) in [5.41, 5.74) is 2.03. The van der Waals surface area contributed by atoms with Crippen molar-refractivity contribution in [1.29, 1.82) is 0 Å². The van der Waals surface area contributed by atoms with Gasteiger partial charge in [-0.2, -0.15) is 0 Å². The number of anilines is 2. The van der Waals surface area contributed by atoms with Crippen LogP contribution < -0.4 is 5.32 Å². The largest absolute Gasteiger partial charge is 0.477 e. The lowest BCUT2D eigenvalue weighted by Crippen LogP contribution is -2.08. The van der Waals surface area contributed by atoms with Crippen LogP contribution in [0.25, 0.3) is 0 Å². The lowest BCUT2D eigenvalue weighted by molar-refractivity contribution is 0.0690. The molecule has 1 fully saturated rings. The molecule has 0 atom stereocenters. The second-order valence-corrected chi connectivity index (χ2v) is 6.08. The number of nitrogens with zero attached hydrogens (tertiary/aromatic N) is 1. The Morgan fingerprint density at radius 1 is 1.26 bits per heavy atom. The van der Waals surface area contributed by atoms with Gasteiger partial charge < -0.3 is 10.4 Å². The van der Waals surface area contributed by atoms with Crippen LogP contribution in [0.15, 0.2) is 30.3 Å². The van der Waals surface area contributed by atoms with Crippen molar-refractivity contribution >= 4 is 28.9 Å². The van der Waals surface area contributed by atoms with Crippen LogP contribution in [0.2, 0.25) is 5.02 Å². The molecule has 0 aliphatic heterocycles. The molecule has 120 valence electrons. The molecular weight excluding hydrogens is 319 g/mol. The molecule has 3 rings (SSSR count). The first-order valence-electron chi connectivity index (χ1n) is 7.51. The number of carbonyl (C=O) groups is 1. The zero-order chi connectivity index (χ0) is 16.4. The van der Waals surface area contributed by atoms with E-state index < -0.39 is 11.8 Å². The summed E-state index contributed by atoms with van der Waals surface area (Å²) in [6.45, 7) is 0. The van der Waals surface area contributed by atoms with Crippen LogP contribution in [0.4, 0.5) is 15.8 Å². The number of benzene rings is 1. The van der Waals surface area contributed by atoms with Crippen LogP contribution in [0, 0.1) is 5.82 Å². The molecule has 0 radical (unpaired) electrons. The van der Waals surface area contributed by atoms with Gasteiger partial charge in [0, 0.05) is 11.6 Å². The number of carboxylic acids is 1. The average molecular weight is 335 g/mol. The van der Waals surface area contributed by atoms with Gasteiger partial charge in [-0.05, 0) is 43.2 Å². The summed E-state index contributed by atoms with van der Waals surface area (Å²) in [6, 6.07) is 7.61. The zero-order valence-corrected chi connectivity index (χ0v) is 13.1. The molecule has 1 aromatic carbocycles. The van der Waals surface area contributed by atoms with Gasteiger partial charge >= 0.3 is 5.97 Å². The van der Waals surface area contributed by atoms with Gasteiger partial charge in [0.25, 0.3) is 0 Å². The molecule has 1 aliphatic carbocycles. The van der Waals surface area contributed by atoms with Crippen molar-refractivity contribution in [3.63, 3.8) is 0 Å². The molecular formula is C17H16ClFN2O2. The molecule has 0 bridgehead atoms. The number of aromatic nitrogens is 1. The fourth-order valence-corrected chi connectivity index (χ4v) is 3.06. The molecule has 0 unspecified atom stereocenters. The summed E-state index contributed by atoms with van der Waals surface area (Å²) < 4.78 is 13.6. The predicted molar refractivity (Wildman–Crippen MR) is 87.1 cm³/mol. The minimum atomic E-state index is -1.05. The smallest absolute Gasteiger partial charge is 0.354 e. The molecule has 1 aliphatic rings. The van der Waals surface area contributed by atoms with Crippen molar-refractivity contribution in [3.05, 3.63) is 52.6 Å². The van der Waals surface area contributed by atoms with Crippen LogP contribution in [0.5, 0.6) is 0 Å². The van der Waals surface area contributed by atoms with E-state index in [9.17, 15) is 9.18 Å². The summed E-state index contributed by atoms with van der Waals surface area (Å²) in [5.74, 6) is -1.32. The van der Waals surface area contributed by atoms with Gasteiger partial charge in [0.15, 0.2) is 0 Å². The summed E-state index contributed by atoms with van der Waals surface area (Å²) in [7, 11) is 0. The third-order valence-electron chi connectivity index (χ3n) is 4.08. The standard InChI is InChI=1S/C17H16ClFN2O2/c18-12-6-5-11(9-13(12)19)20-14-7-8-15(17(22)23)21-16(14)10-3-1-2-4-10/h5-10,20H,1-4H2,(H,22,23). The first-order valence-corrected chi connectivity index (χ1v) is 7.88. The Morgan fingerprint density at radius 3 is 2.65 bits per heavy atom. The van der Waals surface area contributed by atoms with Crippen LogP contribution in [-0.2, 0) is 0 Å². The van der Waals surface area contributed by atoms with Crippen LogP contribution in [-0.4, -0.2) is 16.1 Å².